The lowest BCUT2D eigenvalue weighted by atomic mass is 10.3. The van der Waals surface area contributed by atoms with Crippen molar-refractivity contribution < 1.29 is 12.8 Å². The molecule has 0 aromatic carbocycles. The summed E-state index contributed by atoms with van der Waals surface area (Å²) in [5.41, 5.74) is 0. The summed E-state index contributed by atoms with van der Waals surface area (Å²) < 4.78 is 30.6. The summed E-state index contributed by atoms with van der Waals surface area (Å²) in [6.45, 7) is 1.73. The van der Waals surface area contributed by atoms with E-state index in [0.29, 0.717) is 18.1 Å². The van der Waals surface area contributed by atoms with Crippen LogP contribution in [0.3, 0.4) is 0 Å². The summed E-state index contributed by atoms with van der Waals surface area (Å²) in [6, 6.07) is 3.11. The molecule has 0 fully saturated rings. The number of rotatable bonds is 6. The number of nitrogens with one attached hydrogen (secondary N) is 1. The van der Waals surface area contributed by atoms with Crippen LogP contribution in [0.4, 0.5) is 0 Å². The molecule has 1 rings (SSSR count). The first-order chi connectivity index (χ1) is 7.05. The van der Waals surface area contributed by atoms with Crippen molar-refractivity contribution >= 4 is 21.6 Å². The first-order valence-electron chi connectivity index (χ1n) is 4.64. The maximum absolute atomic E-state index is 11.5. The van der Waals surface area contributed by atoms with E-state index in [2.05, 4.69) is 4.72 Å². The second-order valence-electron chi connectivity index (χ2n) is 3.22. The van der Waals surface area contributed by atoms with Crippen molar-refractivity contribution in [3.63, 3.8) is 0 Å². The van der Waals surface area contributed by atoms with Gasteiger partial charge in [0.05, 0.1) is 18.1 Å². The number of sulfonamides is 1. The van der Waals surface area contributed by atoms with E-state index < -0.39 is 10.0 Å². The second-order valence-corrected chi connectivity index (χ2v) is 5.47. The minimum Gasteiger partial charge on any atom is -0.468 e. The minimum atomic E-state index is -3.26. The summed E-state index contributed by atoms with van der Waals surface area (Å²) in [5.74, 6) is 0.988. The van der Waals surface area contributed by atoms with Gasteiger partial charge in [-0.3, -0.25) is 0 Å². The third-order valence-electron chi connectivity index (χ3n) is 1.87. The summed E-state index contributed by atoms with van der Waals surface area (Å²) >= 11 is 5.43. The average molecular weight is 252 g/mol. The van der Waals surface area contributed by atoms with Gasteiger partial charge in [0.25, 0.3) is 0 Å². The van der Waals surface area contributed by atoms with Gasteiger partial charge in [-0.1, -0.05) is 0 Å². The fourth-order valence-electron chi connectivity index (χ4n) is 1.17. The Morgan fingerprint density at radius 1 is 1.60 bits per heavy atom. The van der Waals surface area contributed by atoms with E-state index in [1.54, 1.807) is 19.1 Å². The van der Waals surface area contributed by atoms with Crippen LogP contribution in [0.1, 0.15) is 25.1 Å². The van der Waals surface area contributed by atoms with Crippen LogP contribution in [0.15, 0.2) is 22.8 Å². The molecule has 1 aromatic rings. The van der Waals surface area contributed by atoms with Crippen molar-refractivity contribution in [1.82, 2.24) is 4.72 Å². The average Bonchev–Trinajstić information content (AvgIpc) is 2.67. The molecule has 6 heteroatoms. The van der Waals surface area contributed by atoms with E-state index in [-0.39, 0.29) is 11.8 Å². The molecule has 0 aliphatic rings. The van der Waals surface area contributed by atoms with Crippen molar-refractivity contribution in [1.29, 1.82) is 0 Å². The summed E-state index contributed by atoms with van der Waals surface area (Å²) in [7, 11) is -3.26. The van der Waals surface area contributed by atoms with Crippen LogP contribution in [0.5, 0.6) is 0 Å². The summed E-state index contributed by atoms with van der Waals surface area (Å²) in [6.07, 6.45) is 1.96. The van der Waals surface area contributed by atoms with Crippen LogP contribution in [0, 0.1) is 0 Å². The van der Waals surface area contributed by atoms with E-state index in [1.807, 2.05) is 0 Å². The lowest BCUT2D eigenvalue weighted by Gasteiger charge is -2.11. The van der Waals surface area contributed by atoms with Gasteiger partial charge in [0.15, 0.2) is 0 Å². The van der Waals surface area contributed by atoms with E-state index in [9.17, 15) is 8.42 Å². The molecule has 0 saturated carbocycles. The van der Waals surface area contributed by atoms with Crippen molar-refractivity contribution in [2.45, 2.75) is 19.4 Å². The minimum absolute atomic E-state index is 0.0432. The largest absolute Gasteiger partial charge is 0.468 e. The molecule has 1 aromatic heterocycles. The molecule has 0 spiro atoms. The fourth-order valence-corrected chi connectivity index (χ4v) is 2.76. The van der Waals surface area contributed by atoms with Crippen LogP contribution in [0.25, 0.3) is 0 Å². The molecule has 1 N–H and O–H groups in total. The summed E-state index contributed by atoms with van der Waals surface area (Å²) in [4.78, 5) is 0. The number of hydrogen-bond acceptors (Lipinski definition) is 3. The zero-order valence-corrected chi connectivity index (χ0v) is 10.0. The van der Waals surface area contributed by atoms with Crippen LogP contribution >= 0.6 is 11.6 Å². The van der Waals surface area contributed by atoms with Gasteiger partial charge in [-0.25, -0.2) is 13.1 Å². The van der Waals surface area contributed by atoms with E-state index in [0.717, 1.165) is 0 Å². The number of halogens is 1. The Hall–Kier alpha value is -0.520. The second kappa shape index (κ2) is 5.53. The van der Waals surface area contributed by atoms with Gasteiger partial charge in [-0.05, 0) is 25.5 Å². The highest BCUT2D eigenvalue weighted by atomic mass is 35.5. The van der Waals surface area contributed by atoms with Crippen LogP contribution in [0.2, 0.25) is 0 Å². The van der Waals surface area contributed by atoms with Gasteiger partial charge >= 0.3 is 0 Å². The Bertz CT molecular complexity index is 374. The zero-order valence-electron chi connectivity index (χ0n) is 8.44. The van der Waals surface area contributed by atoms with Crippen LogP contribution in [-0.4, -0.2) is 20.1 Å². The highest BCUT2D eigenvalue weighted by molar-refractivity contribution is 7.89. The zero-order chi connectivity index (χ0) is 11.3. The molecule has 1 heterocycles. The van der Waals surface area contributed by atoms with E-state index >= 15 is 0 Å². The van der Waals surface area contributed by atoms with Crippen molar-refractivity contribution in [2.75, 3.05) is 11.6 Å². The maximum atomic E-state index is 11.5. The fraction of sp³-hybridized carbons (Fsp3) is 0.556. The molecule has 86 valence electrons. The topological polar surface area (TPSA) is 59.3 Å². The van der Waals surface area contributed by atoms with Crippen LogP contribution < -0.4 is 4.72 Å². The molecule has 4 nitrogen and oxygen atoms in total. The quantitative estimate of drug-likeness (QED) is 0.786. The lowest BCUT2D eigenvalue weighted by molar-refractivity contribution is 0.459. The Labute approximate surface area is 94.7 Å². The molecular formula is C9H14ClNO3S. The predicted octanol–water partition coefficient (Wildman–Crippen LogP) is 1.89. The van der Waals surface area contributed by atoms with Gasteiger partial charge in [0, 0.05) is 5.88 Å². The van der Waals surface area contributed by atoms with Gasteiger partial charge in [-0.2, -0.15) is 0 Å². The Morgan fingerprint density at radius 2 is 2.33 bits per heavy atom. The highest BCUT2D eigenvalue weighted by Gasteiger charge is 2.16. The van der Waals surface area contributed by atoms with E-state index in [1.165, 1.54) is 6.26 Å². The molecular weight excluding hydrogens is 238 g/mol. The third-order valence-corrected chi connectivity index (χ3v) is 3.68. The van der Waals surface area contributed by atoms with Crippen molar-refractivity contribution in [2.24, 2.45) is 0 Å². The Balaban J connectivity index is 2.54. The van der Waals surface area contributed by atoms with E-state index in [4.69, 9.17) is 16.0 Å². The van der Waals surface area contributed by atoms with Gasteiger partial charge in [-0.15, -0.1) is 11.6 Å². The smallest absolute Gasteiger partial charge is 0.212 e. The molecule has 15 heavy (non-hydrogen) atoms. The maximum Gasteiger partial charge on any atom is 0.212 e. The molecule has 0 amide bonds. The van der Waals surface area contributed by atoms with Gasteiger partial charge in [0.1, 0.15) is 5.76 Å². The monoisotopic (exact) mass is 251 g/mol. The normalized spacial score (nSPS) is 14.0. The van der Waals surface area contributed by atoms with Gasteiger partial charge < -0.3 is 4.42 Å². The van der Waals surface area contributed by atoms with Crippen molar-refractivity contribution in [3.8, 4) is 0 Å². The SMILES string of the molecule is CC(NS(=O)(=O)CCCCl)c1ccco1. The standard InChI is InChI=1S/C9H14ClNO3S/c1-8(9-4-2-6-14-9)11-15(12,13)7-3-5-10/h2,4,6,8,11H,3,5,7H2,1H3. The number of hydrogen-bond donors (Lipinski definition) is 1. The third kappa shape index (κ3) is 4.24. The molecule has 0 bridgehead atoms. The molecule has 0 aliphatic heterocycles. The molecule has 1 atom stereocenters. The first kappa shape index (κ1) is 12.5. The molecule has 0 aliphatic carbocycles. The van der Waals surface area contributed by atoms with Gasteiger partial charge in [0.2, 0.25) is 10.0 Å². The molecule has 0 radical (unpaired) electrons. The lowest BCUT2D eigenvalue weighted by Crippen LogP contribution is -2.29. The highest BCUT2D eigenvalue weighted by Crippen LogP contribution is 2.13. The van der Waals surface area contributed by atoms with Crippen molar-refractivity contribution in [3.05, 3.63) is 24.2 Å². The first-order valence-corrected chi connectivity index (χ1v) is 6.83. The Morgan fingerprint density at radius 3 is 2.87 bits per heavy atom. The van der Waals surface area contributed by atoms with Crippen LogP contribution in [-0.2, 0) is 10.0 Å². The Kier molecular flexibility index (Phi) is 4.63. The number of furan rings is 1. The molecule has 1 unspecified atom stereocenters. The predicted molar refractivity (Wildman–Crippen MR) is 59.4 cm³/mol. The number of alkyl halides is 1. The summed E-state index contributed by atoms with van der Waals surface area (Å²) in [5, 5.41) is 0. The molecule has 0 saturated heterocycles.